The first-order valence-corrected chi connectivity index (χ1v) is 7.44. The number of rotatable bonds is 9. The summed E-state index contributed by atoms with van der Waals surface area (Å²) in [7, 11) is 1.73. The summed E-state index contributed by atoms with van der Waals surface area (Å²) >= 11 is 6.25. The van der Waals surface area contributed by atoms with Gasteiger partial charge in [-0.3, -0.25) is 0 Å². The molecule has 3 heteroatoms. The largest absolute Gasteiger partial charge is 0.383 e. The summed E-state index contributed by atoms with van der Waals surface area (Å²) in [5.74, 6) is 1.33. The second-order valence-electron chi connectivity index (χ2n) is 5.49. The predicted octanol–water partition coefficient (Wildman–Crippen LogP) is 3.78. The van der Waals surface area contributed by atoms with Gasteiger partial charge >= 0.3 is 0 Å². The van der Waals surface area contributed by atoms with Crippen LogP contribution in [0.3, 0.4) is 0 Å². The van der Waals surface area contributed by atoms with Crippen LogP contribution in [0, 0.1) is 11.8 Å². The molecule has 0 fully saturated rings. The van der Waals surface area contributed by atoms with Crippen molar-refractivity contribution < 1.29 is 4.74 Å². The number of methoxy groups -OCH3 is 1. The fourth-order valence-corrected chi connectivity index (χ4v) is 2.57. The first-order chi connectivity index (χ1) is 9.13. The van der Waals surface area contributed by atoms with E-state index in [2.05, 4.69) is 31.3 Å². The molecule has 108 valence electrons. The molecule has 19 heavy (non-hydrogen) atoms. The third-order valence-corrected chi connectivity index (χ3v) is 3.56. The normalized spacial score (nSPS) is 12.9. The molecule has 1 aromatic rings. The first kappa shape index (κ1) is 16.5. The average Bonchev–Trinajstić information content (AvgIpc) is 2.36. The van der Waals surface area contributed by atoms with Crippen LogP contribution in [-0.4, -0.2) is 26.8 Å². The van der Waals surface area contributed by atoms with Crippen molar-refractivity contribution in [2.45, 2.75) is 26.7 Å². The smallest absolute Gasteiger partial charge is 0.0587 e. The number of ether oxygens (including phenoxy) is 1. The van der Waals surface area contributed by atoms with Crippen LogP contribution in [0.15, 0.2) is 24.3 Å². The molecule has 1 aromatic carbocycles. The highest BCUT2D eigenvalue weighted by molar-refractivity contribution is 6.31. The molecule has 0 aliphatic carbocycles. The lowest BCUT2D eigenvalue weighted by molar-refractivity contribution is 0.197. The SMILES string of the molecule is COCCNCC(Cc1ccccc1Cl)CC(C)C. The Morgan fingerprint density at radius 2 is 2.00 bits per heavy atom. The molecular weight excluding hydrogens is 258 g/mol. The van der Waals surface area contributed by atoms with E-state index in [0.29, 0.717) is 11.8 Å². The van der Waals surface area contributed by atoms with Crippen molar-refractivity contribution in [3.05, 3.63) is 34.9 Å². The molecule has 0 bridgehead atoms. The van der Waals surface area contributed by atoms with Gasteiger partial charge in [-0.15, -0.1) is 0 Å². The van der Waals surface area contributed by atoms with Crippen LogP contribution >= 0.6 is 11.6 Å². The molecular formula is C16H26ClNO. The Hall–Kier alpha value is -0.570. The first-order valence-electron chi connectivity index (χ1n) is 7.06. The van der Waals surface area contributed by atoms with Crippen LogP contribution < -0.4 is 5.32 Å². The fourth-order valence-electron chi connectivity index (χ4n) is 2.36. The molecule has 1 N–H and O–H groups in total. The second-order valence-corrected chi connectivity index (χ2v) is 5.90. The zero-order chi connectivity index (χ0) is 14.1. The highest BCUT2D eigenvalue weighted by Crippen LogP contribution is 2.22. The van der Waals surface area contributed by atoms with Crippen molar-refractivity contribution in [1.82, 2.24) is 5.32 Å². The molecule has 0 amide bonds. The highest BCUT2D eigenvalue weighted by atomic mass is 35.5. The van der Waals surface area contributed by atoms with Crippen LogP contribution in [0.2, 0.25) is 5.02 Å². The predicted molar refractivity (Wildman–Crippen MR) is 82.8 cm³/mol. The monoisotopic (exact) mass is 283 g/mol. The van der Waals surface area contributed by atoms with E-state index in [-0.39, 0.29) is 0 Å². The molecule has 0 saturated heterocycles. The number of hydrogen-bond donors (Lipinski definition) is 1. The van der Waals surface area contributed by atoms with Gasteiger partial charge in [-0.05, 0) is 42.9 Å². The Bertz CT molecular complexity index is 354. The Morgan fingerprint density at radius 1 is 1.26 bits per heavy atom. The summed E-state index contributed by atoms with van der Waals surface area (Å²) in [6.07, 6.45) is 2.25. The van der Waals surface area contributed by atoms with Crippen LogP contribution in [-0.2, 0) is 11.2 Å². The quantitative estimate of drug-likeness (QED) is 0.697. The second kappa shape index (κ2) is 9.35. The van der Waals surface area contributed by atoms with Gasteiger partial charge in [0.15, 0.2) is 0 Å². The number of benzene rings is 1. The van der Waals surface area contributed by atoms with Gasteiger partial charge in [-0.2, -0.15) is 0 Å². The van der Waals surface area contributed by atoms with Gasteiger partial charge < -0.3 is 10.1 Å². The van der Waals surface area contributed by atoms with Gasteiger partial charge in [-0.1, -0.05) is 43.6 Å². The van der Waals surface area contributed by atoms with Crippen molar-refractivity contribution in [1.29, 1.82) is 0 Å². The van der Waals surface area contributed by atoms with Gasteiger partial charge in [0.1, 0.15) is 0 Å². The third kappa shape index (κ3) is 6.95. The van der Waals surface area contributed by atoms with Crippen LogP contribution in [0.1, 0.15) is 25.8 Å². The lowest BCUT2D eigenvalue weighted by Gasteiger charge is -2.20. The third-order valence-electron chi connectivity index (χ3n) is 3.19. The molecule has 0 aromatic heterocycles. The Labute approximate surface area is 122 Å². The minimum absolute atomic E-state index is 0.622. The maximum atomic E-state index is 6.25. The van der Waals surface area contributed by atoms with Gasteiger partial charge in [0.2, 0.25) is 0 Å². The summed E-state index contributed by atoms with van der Waals surface area (Å²) in [5.41, 5.74) is 1.25. The number of nitrogens with one attached hydrogen (secondary N) is 1. The molecule has 0 radical (unpaired) electrons. The van der Waals surface area contributed by atoms with E-state index in [0.717, 1.165) is 31.1 Å². The fraction of sp³-hybridized carbons (Fsp3) is 0.625. The average molecular weight is 284 g/mol. The molecule has 2 nitrogen and oxygen atoms in total. The summed E-state index contributed by atoms with van der Waals surface area (Å²) in [5, 5.41) is 4.35. The van der Waals surface area contributed by atoms with Crippen molar-refractivity contribution >= 4 is 11.6 Å². The number of hydrogen-bond acceptors (Lipinski definition) is 2. The van der Waals surface area contributed by atoms with Gasteiger partial charge in [0.05, 0.1) is 6.61 Å². The minimum Gasteiger partial charge on any atom is -0.383 e. The summed E-state index contributed by atoms with van der Waals surface area (Å²) in [6.45, 7) is 7.24. The van der Waals surface area contributed by atoms with Crippen LogP contribution in [0.25, 0.3) is 0 Å². The Morgan fingerprint density at radius 3 is 2.63 bits per heavy atom. The van der Waals surface area contributed by atoms with Crippen LogP contribution in [0.5, 0.6) is 0 Å². The van der Waals surface area contributed by atoms with Crippen molar-refractivity contribution in [2.24, 2.45) is 11.8 Å². The summed E-state index contributed by atoms with van der Waals surface area (Å²) in [4.78, 5) is 0. The summed E-state index contributed by atoms with van der Waals surface area (Å²) in [6, 6.07) is 8.15. The van der Waals surface area contributed by atoms with Gasteiger partial charge in [0.25, 0.3) is 0 Å². The zero-order valence-corrected chi connectivity index (χ0v) is 13.0. The summed E-state index contributed by atoms with van der Waals surface area (Å²) < 4.78 is 5.06. The molecule has 0 aliphatic rings. The Kier molecular flexibility index (Phi) is 8.11. The van der Waals surface area contributed by atoms with E-state index in [9.17, 15) is 0 Å². The van der Waals surface area contributed by atoms with Crippen molar-refractivity contribution in [3.8, 4) is 0 Å². The van der Waals surface area contributed by atoms with Gasteiger partial charge in [0, 0.05) is 18.7 Å². The van der Waals surface area contributed by atoms with Gasteiger partial charge in [-0.25, -0.2) is 0 Å². The Balaban J connectivity index is 2.51. The van der Waals surface area contributed by atoms with E-state index in [1.807, 2.05) is 12.1 Å². The molecule has 0 saturated carbocycles. The maximum Gasteiger partial charge on any atom is 0.0587 e. The topological polar surface area (TPSA) is 21.3 Å². The lowest BCUT2D eigenvalue weighted by atomic mass is 9.91. The minimum atomic E-state index is 0.622. The van der Waals surface area contributed by atoms with E-state index < -0.39 is 0 Å². The van der Waals surface area contributed by atoms with Crippen molar-refractivity contribution in [3.63, 3.8) is 0 Å². The molecule has 0 aliphatic heterocycles. The zero-order valence-electron chi connectivity index (χ0n) is 12.3. The van der Waals surface area contributed by atoms with E-state index in [1.54, 1.807) is 7.11 Å². The van der Waals surface area contributed by atoms with Crippen LogP contribution in [0.4, 0.5) is 0 Å². The molecule has 1 unspecified atom stereocenters. The molecule has 0 spiro atoms. The molecule has 1 atom stereocenters. The molecule has 0 heterocycles. The maximum absolute atomic E-state index is 6.25. The van der Waals surface area contributed by atoms with E-state index in [4.69, 9.17) is 16.3 Å². The van der Waals surface area contributed by atoms with E-state index in [1.165, 1.54) is 12.0 Å². The lowest BCUT2D eigenvalue weighted by Crippen LogP contribution is -2.28. The van der Waals surface area contributed by atoms with Crippen molar-refractivity contribution in [2.75, 3.05) is 26.8 Å². The number of halogens is 1. The highest BCUT2D eigenvalue weighted by Gasteiger charge is 2.13. The standard InChI is InChI=1S/C16H26ClNO/c1-13(2)10-14(12-18-8-9-19-3)11-15-6-4-5-7-16(15)17/h4-7,13-14,18H,8-12H2,1-3H3. The molecule has 1 rings (SSSR count). The van der Waals surface area contributed by atoms with E-state index >= 15 is 0 Å².